The van der Waals surface area contributed by atoms with Crippen LogP contribution >= 0.6 is 11.3 Å². The average Bonchev–Trinajstić information content (AvgIpc) is 3.12. The third-order valence-corrected chi connectivity index (χ3v) is 4.89. The molecule has 116 valence electrons. The number of piperazine rings is 1. The number of hydrogen-bond acceptors (Lipinski definition) is 7. The molecule has 1 fully saturated rings. The fourth-order valence-electron chi connectivity index (χ4n) is 2.77. The molecule has 1 aliphatic heterocycles. The van der Waals surface area contributed by atoms with Crippen molar-refractivity contribution in [2.75, 3.05) is 36.0 Å². The highest BCUT2D eigenvalue weighted by atomic mass is 32.1. The number of aryl methyl sites for hydroxylation is 1. The molecule has 0 amide bonds. The van der Waals surface area contributed by atoms with Crippen LogP contribution in [0.5, 0.6) is 0 Å². The van der Waals surface area contributed by atoms with Gasteiger partial charge in [-0.05, 0) is 19.1 Å². The molecule has 1 aliphatic rings. The van der Waals surface area contributed by atoms with Gasteiger partial charge >= 0.3 is 0 Å². The van der Waals surface area contributed by atoms with Gasteiger partial charge in [0, 0.05) is 32.4 Å². The van der Waals surface area contributed by atoms with E-state index in [-0.39, 0.29) is 0 Å². The number of nitriles is 1. The van der Waals surface area contributed by atoms with E-state index in [4.69, 9.17) is 0 Å². The fraction of sp³-hybridized carbons (Fsp3) is 0.333. The van der Waals surface area contributed by atoms with Gasteiger partial charge in [0.1, 0.15) is 11.9 Å². The molecule has 0 N–H and O–H groups in total. The molecule has 1 saturated heterocycles. The molecule has 0 saturated carbocycles. The lowest BCUT2D eigenvalue weighted by atomic mass is 10.2. The standard InChI is InChI=1S/C15H15N7S/c1-11-10-22-14(18-11)23-15(19-22)21-7-5-20(6-8-21)13-12(9-16)3-2-4-17-13/h2-4,10H,5-8H2,1H3. The van der Waals surface area contributed by atoms with Crippen molar-refractivity contribution in [2.24, 2.45) is 0 Å². The van der Waals surface area contributed by atoms with Crippen LogP contribution in [0.1, 0.15) is 11.3 Å². The first-order valence-electron chi connectivity index (χ1n) is 7.42. The summed E-state index contributed by atoms with van der Waals surface area (Å²) in [4.78, 5) is 14.2. The number of rotatable bonds is 2. The Morgan fingerprint density at radius 3 is 2.74 bits per heavy atom. The molecular formula is C15H15N7S. The normalized spacial score (nSPS) is 15.1. The van der Waals surface area contributed by atoms with Crippen LogP contribution in [0.15, 0.2) is 24.5 Å². The van der Waals surface area contributed by atoms with Crippen molar-refractivity contribution in [3.05, 3.63) is 35.8 Å². The van der Waals surface area contributed by atoms with Gasteiger partial charge in [-0.1, -0.05) is 11.3 Å². The van der Waals surface area contributed by atoms with Crippen molar-refractivity contribution >= 4 is 27.2 Å². The van der Waals surface area contributed by atoms with Gasteiger partial charge in [-0.3, -0.25) is 0 Å². The Morgan fingerprint density at radius 1 is 1.22 bits per heavy atom. The van der Waals surface area contributed by atoms with E-state index in [1.54, 1.807) is 23.6 Å². The van der Waals surface area contributed by atoms with Gasteiger partial charge in [0.15, 0.2) is 0 Å². The highest BCUT2D eigenvalue weighted by Gasteiger charge is 2.22. The molecule has 4 heterocycles. The predicted octanol–water partition coefficient (Wildman–Crippen LogP) is 1.69. The minimum Gasteiger partial charge on any atom is -0.352 e. The summed E-state index contributed by atoms with van der Waals surface area (Å²) >= 11 is 1.61. The molecule has 0 radical (unpaired) electrons. The Bertz CT molecular complexity index is 851. The summed E-state index contributed by atoms with van der Waals surface area (Å²) in [7, 11) is 0. The van der Waals surface area contributed by atoms with Gasteiger partial charge in [0.2, 0.25) is 10.1 Å². The maximum absolute atomic E-state index is 9.21. The molecule has 0 aromatic carbocycles. The second-order valence-electron chi connectivity index (χ2n) is 5.45. The van der Waals surface area contributed by atoms with Gasteiger partial charge in [0.25, 0.3) is 0 Å². The number of anilines is 2. The van der Waals surface area contributed by atoms with Crippen LogP contribution in [-0.2, 0) is 0 Å². The second-order valence-corrected chi connectivity index (χ2v) is 6.39. The zero-order chi connectivity index (χ0) is 15.8. The van der Waals surface area contributed by atoms with Crippen LogP contribution in [0.25, 0.3) is 4.96 Å². The molecule has 0 aliphatic carbocycles. The summed E-state index contributed by atoms with van der Waals surface area (Å²) in [5.74, 6) is 0.777. The topological polar surface area (TPSA) is 73.3 Å². The molecule has 0 atom stereocenters. The van der Waals surface area contributed by atoms with Crippen molar-refractivity contribution in [1.29, 1.82) is 5.26 Å². The van der Waals surface area contributed by atoms with E-state index in [1.807, 2.05) is 23.7 Å². The summed E-state index contributed by atoms with van der Waals surface area (Å²) in [6, 6.07) is 5.83. The van der Waals surface area contributed by atoms with Crippen LogP contribution in [0, 0.1) is 18.3 Å². The van der Waals surface area contributed by atoms with Gasteiger partial charge in [0.05, 0.1) is 17.5 Å². The highest BCUT2D eigenvalue weighted by molar-refractivity contribution is 7.20. The average molecular weight is 325 g/mol. The maximum Gasteiger partial charge on any atom is 0.214 e. The van der Waals surface area contributed by atoms with E-state index >= 15 is 0 Å². The Hall–Kier alpha value is -2.66. The molecule has 4 rings (SSSR count). The van der Waals surface area contributed by atoms with Crippen molar-refractivity contribution in [1.82, 2.24) is 19.6 Å². The number of fused-ring (bicyclic) bond motifs is 1. The third-order valence-electron chi connectivity index (χ3n) is 3.91. The van der Waals surface area contributed by atoms with E-state index in [9.17, 15) is 5.26 Å². The van der Waals surface area contributed by atoms with Gasteiger partial charge in [-0.15, -0.1) is 5.10 Å². The van der Waals surface area contributed by atoms with E-state index < -0.39 is 0 Å². The largest absolute Gasteiger partial charge is 0.352 e. The first kappa shape index (κ1) is 14.0. The third kappa shape index (κ3) is 2.49. The van der Waals surface area contributed by atoms with Crippen LogP contribution in [0.3, 0.4) is 0 Å². The number of pyridine rings is 1. The number of nitrogens with zero attached hydrogens (tertiary/aromatic N) is 7. The predicted molar refractivity (Wildman–Crippen MR) is 89.0 cm³/mol. The first-order valence-corrected chi connectivity index (χ1v) is 8.24. The Kier molecular flexibility index (Phi) is 3.35. The minimum atomic E-state index is 0.629. The Balaban J connectivity index is 1.50. The molecule has 0 unspecified atom stereocenters. The van der Waals surface area contributed by atoms with Gasteiger partial charge in [-0.25, -0.2) is 14.5 Å². The zero-order valence-electron chi connectivity index (χ0n) is 12.7. The second kappa shape index (κ2) is 5.52. The number of hydrogen-bond donors (Lipinski definition) is 0. The maximum atomic E-state index is 9.21. The zero-order valence-corrected chi connectivity index (χ0v) is 13.5. The summed E-state index contributed by atoms with van der Waals surface area (Å²) in [6.07, 6.45) is 3.68. The lowest BCUT2D eigenvalue weighted by molar-refractivity contribution is 0.642. The Labute approximate surface area is 137 Å². The van der Waals surface area contributed by atoms with Crippen molar-refractivity contribution in [3.8, 4) is 6.07 Å². The lowest BCUT2D eigenvalue weighted by Crippen LogP contribution is -2.47. The molecule has 3 aromatic heterocycles. The SMILES string of the molecule is Cc1cn2nc(N3CCN(c4ncccc4C#N)CC3)sc2n1. The summed E-state index contributed by atoms with van der Waals surface area (Å²) in [5.41, 5.74) is 1.61. The van der Waals surface area contributed by atoms with Gasteiger partial charge in [-0.2, -0.15) is 5.26 Å². The molecule has 3 aromatic rings. The van der Waals surface area contributed by atoms with E-state index in [2.05, 4.69) is 30.9 Å². The van der Waals surface area contributed by atoms with E-state index in [0.717, 1.165) is 47.8 Å². The lowest BCUT2D eigenvalue weighted by Gasteiger charge is -2.35. The molecule has 0 spiro atoms. The van der Waals surface area contributed by atoms with Gasteiger partial charge < -0.3 is 9.80 Å². The van der Waals surface area contributed by atoms with Crippen LogP contribution in [0.2, 0.25) is 0 Å². The summed E-state index contributed by atoms with van der Waals surface area (Å²) < 4.78 is 1.84. The molecule has 7 nitrogen and oxygen atoms in total. The molecule has 0 bridgehead atoms. The van der Waals surface area contributed by atoms with Crippen LogP contribution < -0.4 is 9.80 Å². The molecule has 8 heteroatoms. The van der Waals surface area contributed by atoms with E-state index in [0.29, 0.717) is 5.56 Å². The fourth-order valence-corrected chi connectivity index (χ4v) is 3.75. The monoisotopic (exact) mass is 325 g/mol. The quantitative estimate of drug-likeness (QED) is 0.714. The Morgan fingerprint density at radius 2 is 2.00 bits per heavy atom. The van der Waals surface area contributed by atoms with Crippen molar-refractivity contribution in [3.63, 3.8) is 0 Å². The van der Waals surface area contributed by atoms with Crippen molar-refractivity contribution in [2.45, 2.75) is 6.92 Å². The minimum absolute atomic E-state index is 0.629. The van der Waals surface area contributed by atoms with Crippen molar-refractivity contribution < 1.29 is 0 Å². The number of aromatic nitrogens is 4. The van der Waals surface area contributed by atoms with Crippen LogP contribution in [0.4, 0.5) is 10.9 Å². The molecule has 23 heavy (non-hydrogen) atoms. The highest BCUT2D eigenvalue weighted by Crippen LogP contribution is 2.25. The summed E-state index contributed by atoms with van der Waals surface area (Å²) in [5, 5.41) is 14.8. The first-order chi connectivity index (χ1) is 11.2. The number of imidazole rings is 1. The summed E-state index contributed by atoms with van der Waals surface area (Å²) in [6.45, 7) is 5.34. The van der Waals surface area contributed by atoms with E-state index in [1.165, 1.54) is 0 Å². The smallest absolute Gasteiger partial charge is 0.214 e. The van der Waals surface area contributed by atoms with Crippen LogP contribution in [-0.4, -0.2) is 45.8 Å². The molecular weight excluding hydrogens is 310 g/mol.